The molecule has 178 valence electrons. The summed E-state index contributed by atoms with van der Waals surface area (Å²) in [4.78, 5) is 31.6. The summed E-state index contributed by atoms with van der Waals surface area (Å²) >= 11 is 0. The van der Waals surface area contributed by atoms with Crippen LogP contribution in [0.3, 0.4) is 0 Å². The minimum atomic E-state index is -1.04. The fourth-order valence-corrected chi connectivity index (χ4v) is 3.29. The zero-order valence-electron chi connectivity index (χ0n) is 18.8. The Labute approximate surface area is 188 Å². The third kappa shape index (κ3) is 5.76. The number of fused-ring (bicyclic) bond motifs is 1. The Morgan fingerprint density at radius 2 is 1.85 bits per heavy atom. The van der Waals surface area contributed by atoms with Gasteiger partial charge in [0.05, 0.1) is 6.54 Å². The topological polar surface area (TPSA) is 107 Å². The summed E-state index contributed by atoms with van der Waals surface area (Å²) in [5, 5.41) is 11.1. The predicted molar refractivity (Wildman–Crippen MR) is 118 cm³/mol. The van der Waals surface area contributed by atoms with E-state index in [9.17, 15) is 18.4 Å². The Morgan fingerprint density at radius 3 is 2.55 bits per heavy atom. The van der Waals surface area contributed by atoms with Gasteiger partial charge in [-0.25, -0.2) is 13.6 Å². The van der Waals surface area contributed by atoms with Gasteiger partial charge in [-0.1, -0.05) is 25.0 Å². The molecule has 0 fully saturated rings. The number of nitrogens with zero attached hydrogens (tertiary/aromatic N) is 6. The smallest absolute Gasteiger partial charge is 0.336 e. The molecule has 1 aromatic carbocycles. The predicted octanol–water partition coefficient (Wildman–Crippen LogP) is 0.522. The molecule has 0 atom stereocenters. The van der Waals surface area contributed by atoms with Crippen LogP contribution in [0.2, 0.25) is 0 Å². The minimum Gasteiger partial charge on any atom is -0.461 e. The van der Waals surface area contributed by atoms with Crippen molar-refractivity contribution in [1.29, 1.82) is 0 Å². The standard InChI is InChI=1S/C21H27F2N7O3/c1-4-29(5-2)10-8-24-9-11-33-20-25-17-18(26-27-20)30(21(32)28(3)19(17)31)13-14-6-7-15(22)16(23)12-14/h6-7,12,24H,4-5,8-11,13H2,1-3H3. The molecular weight excluding hydrogens is 436 g/mol. The summed E-state index contributed by atoms with van der Waals surface area (Å²) in [6, 6.07) is 3.19. The number of halogens is 2. The highest BCUT2D eigenvalue weighted by Crippen LogP contribution is 2.12. The molecule has 3 aromatic rings. The lowest BCUT2D eigenvalue weighted by Crippen LogP contribution is -2.39. The van der Waals surface area contributed by atoms with Gasteiger partial charge in [-0.3, -0.25) is 13.9 Å². The van der Waals surface area contributed by atoms with E-state index in [-0.39, 0.29) is 30.3 Å². The zero-order chi connectivity index (χ0) is 24.0. The van der Waals surface area contributed by atoms with Crippen LogP contribution in [-0.2, 0) is 13.6 Å². The molecule has 33 heavy (non-hydrogen) atoms. The number of aromatic nitrogens is 5. The first kappa shape index (κ1) is 24.4. The van der Waals surface area contributed by atoms with Crippen molar-refractivity contribution in [1.82, 2.24) is 34.5 Å². The van der Waals surface area contributed by atoms with Gasteiger partial charge in [0.25, 0.3) is 5.56 Å². The van der Waals surface area contributed by atoms with Crippen LogP contribution in [-0.4, -0.2) is 68.5 Å². The Bertz CT molecular complexity index is 1220. The van der Waals surface area contributed by atoms with Crippen LogP contribution in [0.4, 0.5) is 8.78 Å². The molecule has 10 nitrogen and oxygen atoms in total. The first-order valence-electron chi connectivity index (χ1n) is 10.7. The maximum Gasteiger partial charge on any atom is 0.336 e. The average molecular weight is 463 g/mol. The molecule has 3 rings (SSSR count). The third-order valence-corrected chi connectivity index (χ3v) is 5.26. The summed E-state index contributed by atoms with van der Waals surface area (Å²) in [6.45, 7) is 8.59. The van der Waals surface area contributed by atoms with Gasteiger partial charge in [0.2, 0.25) is 0 Å². The van der Waals surface area contributed by atoms with E-state index in [4.69, 9.17) is 4.74 Å². The summed E-state index contributed by atoms with van der Waals surface area (Å²) in [5.74, 6) is -2.04. The maximum atomic E-state index is 13.6. The van der Waals surface area contributed by atoms with Crippen LogP contribution in [0.25, 0.3) is 11.2 Å². The molecule has 2 heterocycles. The Balaban J connectivity index is 1.75. The minimum absolute atomic E-state index is 0.0717. The number of hydrogen-bond acceptors (Lipinski definition) is 8. The van der Waals surface area contributed by atoms with Gasteiger partial charge in [-0.2, -0.15) is 4.98 Å². The molecule has 12 heteroatoms. The number of nitrogens with one attached hydrogen (secondary N) is 1. The average Bonchev–Trinajstić information content (AvgIpc) is 2.82. The molecule has 0 spiro atoms. The highest BCUT2D eigenvalue weighted by Gasteiger charge is 2.16. The highest BCUT2D eigenvalue weighted by molar-refractivity contribution is 5.68. The van der Waals surface area contributed by atoms with E-state index in [0.29, 0.717) is 12.1 Å². The Hall–Kier alpha value is -3.25. The van der Waals surface area contributed by atoms with Gasteiger partial charge in [-0.05, 0) is 30.8 Å². The van der Waals surface area contributed by atoms with Crippen LogP contribution in [0.5, 0.6) is 6.01 Å². The second-order valence-corrected chi connectivity index (χ2v) is 7.37. The van der Waals surface area contributed by atoms with E-state index in [1.54, 1.807) is 0 Å². The van der Waals surface area contributed by atoms with Crippen LogP contribution in [0.1, 0.15) is 19.4 Å². The molecule has 1 N–H and O–H groups in total. The number of ether oxygens (including phenoxy) is 1. The molecule has 0 amide bonds. The van der Waals surface area contributed by atoms with Crippen molar-refractivity contribution in [2.24, 2.45) is 7.05 Å². The van der Waals surface area contributed by atoms with Crippen LogP contribution < -0.4 is 21.3 Å². The van der Waals surface area contributed by atoms with E-state index in [1.807, 2.05) is 0 Å². The van der Waals surface area contributed by atoms with Crippen molar-refractivity contribution in [2.45, 2.75) is 20.4 Å². The molecule has 0 bridgehead atoms. The second-order valence-electron chi connectivity index (χ2n) is 7.37. The van der Waals surface area contributed by atoms with Crippen molar-refractivity contribution < 1.29 is 13.5 Å². The fraction of sp³-hybridized carbons (Fsp3) is 0.476. The van der Waals surface area contributed by atoms with E-state index < -0.39 is 22.9 Å². The normalized spacial score (nSPS) is 11.5. The van der Waals surface area contributed by atoms with E-state index in [0.717, 1.165) is 47.4 Å². The summed E-state index contributed by atoms with van der Waals surface area (Å²) in [5.41, 5.74) is -1.21. The number of rotatable bonds is 11. The molecule has 2 aromatic heterocycles. The van der Waals surface area contributed by atoms with Crippen LogP contribution in [0, 0.1) is 11.6 Å². The first-order valence-corrected chi connectivity index (χ1v) is 10.7. The molecule has 0 unspecified atom stereocenters. The van der Waals surface area contributed by atoms with Crippen molar-refractivity contribution in [2.75, 3.05) is 39.3 Å². The van der Waals surface area contributed by atoms with Crippen molar-refractivity contribution >= 4 is 11.2 Å². The Morgan fingerprint density at radius 1 is 1.09 bits per heavy atom. The maximum absolute atomic E-state index is 13.6. The SMILES string of the molecule is CCN(CC)CCNCCOc1nnc2c(n1)c(=O)n(C)c(=O)n2Cc1ccc(F)c(F)c1. The first-order chi connectivity index (χ1) is 15.8. The van der Waals surface area contributed by atoms with Crippen LogP contribution >= 0.6 is 0 Å². The summed E-state index contributed by atoms with van der Waals surface area (Å²) in [7, 11) is 1.30. The van der Waals surface area contributed by atoms with E-state index in [2.05, 4.69) is 39.2 Å². The van der Waals surface area contributed by atoms with Gasteiger partial charge < -0.3 is 15.0 Å². The molecule has 0 aliphatic rings. The molecule has 0 radical (unpaired) electrons. The van der Waals surface area contributed by atoms with E-state index >= 15 is 0 Å². The lowest BCUT2D eigenvalue weighted by molar-refractivity contribution is 0.273. The van der Waals surface area contributed by atoms with Gasteiger partial charge in [0.1, 0.15) is 6.61 Å². The fourth-order valence-electron chi connectivity index (χ4n) is 3.29. The van der Waals surface area contributed by atoms with Crippen LogP contribution in [0.15, 0.2) is 27.8 Å². The molecular formula is C21H27F2N7O3. The summed E-state index contributed by atoms with van der Waals surface area (Å²) < 4.78 is 34.3. The number of hydrogen-bond donors (Lipinski definition) is 1. The van der Waals surface area contributed by atoms with Gasteiger partial charge in [0.15, 0.2) is 22.8 Å². The second kappa shape index (κ2) is 11.1. The summed E-state index contributed by atoms with van der Waals surface area (Å²) in [6.07, 6.45) is 0. The van der Waals surface area contributed by atoms with Crippen molar-refractivity contribution in [3.63, 3.8) is 0 Å². The monoisotopic (exact) mass is 463 g/mol. The largest absolute Gasteiger partial charge is 0.461 e. The van der Waals surface area contributed by atoms with Crippen molar-refractivity contribution in [3.8, 4) is 6.01 Å². The molecule has 0 aliphatic carbocycles. The molecule has 0 saturated heterocycles. The highest BCUT2D eigenvalue weighted by atomic mass is 19.2. The quantitative estimate of drug-likeness (QED) is 0.410. The number of benzene rings is 1. The third-order valence-electron chi connectivity index (χ3n) is 5.26. The van der Waals surface area contributed by atoms with Crippen molar-refractivity contribution in [3.05, 3.63) is 56.2 Å². The Kier molecular flexibility index (Phi) is 8.17. The lowest BCUT2D eigenvalue weighted by atomic mass is 10.2. The van der Waals surface area contributed by atoms with E-state index in [1.165, 1.54) is 13.1 Å². The lowest BCUT2D eigenvalue weighted by Gasteiger charge is -2.17. The zero-order valence-corrected chi connectivity index (χ0v) is 18.8. The van der Waals surface area contributed by atoms with Gasteiger partial charge >= 0.3 is 11.7 Å². The molecule has 0 aliphatic heterocycles. The molecule has 0 saturated carbocycles. The van der Waals surface area contributed by atoms with Gasteiger partial charge in [0, 0.05) is 26.7 Å². The van der Waals surface area contributed by atoms with Gasteiger partial charge in [-0.15, -0.1) is 5.10 Å². The number of likely N-dealkylation sites (N-methyl/N-ethyl adjacent to an activating group) is 1.